The average molecular weight is 289 g/mol. The van der Waals surface area contributed by atoms with Crippen molar-refractivity contribution in [1.29, 1.82) is 0 Å². The van der Waals surface area contributed by atoms with Crippen LogP contribution in [-0.2, 0) is 6.54 Å². The van der Waals surface area contributed by atoms with Crippen molar-refractivity contribution in [1.82, 2.24) is 35.9 Å². The Balaban J connectivity index is 1.65. The van der Waals surface area contributed by atoms with Crippen LogP contribution in [0.25, 0.3) is 11.5 Å². The van der Waals surface area contributed by atoms with E-state index in [0.717, 1.165) is 10.7 Å². The first-order valence-electron chi connectivity index (χ1n) is 5.84. The Bertz CT molecular complexity index is 715. The normalized spacial score (nSPS) is 10.7. The van der Waals surface area contributed by atoms with E-state index in [9.17, 15) is 4.79 Å². The van der Waals surface area contributed by atoms with Gasteiger partial charge in [-0.15, -0.1) is 21.5 Å². The molecule has 0 spiro atoms. The van der Waals surface area contributed by atoms with E-state index >= 15 is 0 Å². The van der Waals surface area contributed by atoms with Crippen LogP contribution in [-0.4, -0.2) is 36.5 Å². The van der Waals surface area contributed by atoms with Crippen LogP contribution in [0, 0.1) is 6.92 Å². The number of aryl methyl sites for hydroxylation is 1. The van der Waals surface area contributed by atoms with Crippen molar-refractivity contribution in [3.8, 4) is 11.5 Å². The van der Waals surface area contributed by atoms with E-state index in [1.165, 1.54) is 11.3 Å². The number of H-pyrrole nitrogens is 2. The number of rotatable bonds is 4. The van der Waals surface area contributed by atoms with Gasteiger partial charge in [0.2, 0.25) is 5.82 Å². The molecule has 0 aliphatic heterocycles. The summed E-state index contributed by atoms with van der Waals surface area (Å²) in [5.74, 6) is 0.320. The summed E-state index contributed by atoms with van der Waals surface area (Å²) in [5, 5.41) is 19.0. The highest BCUT2D eigenvalue weighted by Crippen LogP contribution is 2.17. The van der Waals surface area contributed by atoms with E-state index in [2.05, 4.69) is 35.9 Å². The Labute approximate surface area is 117 Å². The van der Waals surface area contributed by atoms with Crippen molar-refractivity contribution in [3.05, 3.63) is 33.9 Å². The third-order valence-corrected chi connectivity index (χ3v) is 3.57. The molecule has 0 unspecified atom stereocenters. The van der Waals surface area contributed by atoms with Crippen molar-refractivity contribution in [3.63, 3.8) is 0 Å². The molecule has 3 aromatic heterocycles. The fraction of sp³-hybridized carbons (Fsp3) is 0.182. The van der Waals surface area contributed by atoms with Crippen LogP contribution in [0.5, 0.6) is 0 Å². The van der Waals surface area contributed by atoms with Gasteiger partial charge in [0, 0.05) is 17.3 Å². The standard InChI is InChI=1S/C11H11N7OS/c1-6-7(2-3-12-6)11(19)13-4-9-14-8(5-20-9)10-15-17-18-16-10/h2-3,5,12H,4H2,1H3,(H,13,19)(H,15,16,17,18). The van der Waals surface area contributed by atoms with Gasteiger partial charge in [-0.1, -0.05) is 0 Å². The van der Waals surface area contributed by atoms with Crippen molar-refractivity contribution in [2.45, 2.75) is 13.5 Å². The molecule has 0 fully saturated rings. The fourth-order valence-corrected chi connectivity index (χ4v) is 2.43. The number of hydrogen-bond donors (Lipinski definition) is 3. The summed E-state index contributed by atoms with van der Waals surface area (Å²) in [6.07, 6.45) is 1.74. The SMILES string of the molecule is Cc1[nH]ccc1C(=O)NCc1nc(-c2nn[nH]n2)cs1. The maximum absolute atomic E-state index is 11.9. The lowest BCUT2D eigenvalue weighted by Gasteiger charge is -2.01. The third kappa shape index (κ3) is 2.43. The first-order valence-corrected chi connectivity index (χ1v) is 6.72. The molecule has 0 saturated heterocycles. The van der Waals surface area contributed by atoms with Gasteiger partial charge in [0.1, 0.15) is 10.7 Å². The van der Waals surface area contributed by atoms with Crippen LogP contribution >= 0.6 is 11.3 Å². The van der Waals surface area contributed by atoms with Crippen molar-refractivity contribution < 1.29 is 4.79 Å². The lowest BCUT2D eigenvalue weighted by molar-refractivity contribution is 0.0950. The summed E-state index contributed by atoms with van der Waals surface area (Å²) in [5.41, 5.74) is 2.12. The minimum absolute atomic E-state index is 0.125. The van der Waals surface area contributed by atoms with Gasteiger partial charge in [0.05, 0.1) is 12.1 Å². The molecule has 0 atom stereocenters. The Morgan fingerprint density at radius 3 is 3.10 bits per heavy atom. The van der Waals surface area contributed by atoms with Gasteiger partial charge in [0.25, 0.3) is 5.91 Å². The van der Waals surface area contributed by atoms with E-state index in [-0.39, 0.29) is 5.91 Å². The molecule has 0 aliphatic rings. The Morgan fingerprint density at radius 1 is 1.50 bits per heavy atom. The van der Waals surface area contributed by atoms with Crippen molar-refractivity contribution in [2.75, 3.05) is 0 Å². The predicted molar refractivity (Wildman–Crippen MR) is 72.0 cm³/mol. The Hall–Kier alpha value is -2.55. The zero-order chi connectivity index (χ0) is 13.9. The summed E-state index contributed by atoms with van der Waals surface area (Å²) in [6, 6.07) is 1.75. The molecule has 0 bridgehead atoms. The Morgan fingerprint density at radius 2 is 2.40 bits per heavy atom. The molecule has 0 aromatic carbocycles. The van der Waals surface area contributed by atoms with Crippen molar-refractivity contribution >= 4 is 17.2 Å². The van der Waals surface area contributed by atoms with Gasteiger partial charge in [0.15, 0.2) is 0 Å². The number of tetrazole rings is 1. The van der Waals surface area contributed by atoms with Gasteiger partial charge in [-0.05, 0) is 18.2 Å². The minimum atomic E-state index is -0.125. The van der Waals surface area contributed by atoms with Crippen LogP contribution < -0.4 is 5.32 Å². The molecule has 0 aliphatic carbocycles. The van der Waals surface area contributed by atoms with Crippen LogP contribution in [0.3, 0.4) is 0 Å². The summed E-state index contributed by atoms with van der Waals surface area (Å²) in [6.45, 7) is 2.22. The molecule has 9 heteroatoms. The Kier molecular flexibility index (Phi) is 3.25. The largest absolute Gasteiger partial charge is 0.365 e. The lowest BCUT2D eigenvalue weighted by atomic mass is 10.2. The molecule has 3 N–H and O–H groups in total. The quantitative estimate of drug-likeness (QED) is 0.660. The number of thiazole rings is 1. The van der Waals surface area contributed by atoms with Gasteiger partial charge < -0.3 is 10.3 Å². The lowest BCUT2D eigenvalue weighted by Crippen LogP contribution is -2.22. The number of aromatic amines is 2. The maximum Gasteiger partial charge on any atom is 0.253 e. The van der Waals surface area contributed by atoms with Gasteiger partial charge in [-0.3, -0.25) is 4.79 Å². The van der Waals surface area contributed by atoms with Crippen molar-refractivity contribution in [2.24, 2.45) is 0 Å². The van der Waals surface area contributed by atoms with E-state index < -0.39 is 0 Å². The van der Waals surface area contributed by atoms with E-state index in [4.69, 9.17) is 0 Å². The van der Waals surface area contributed by atoms with Crippen LogP contribution in [0.15, 0.2) is 17.6 Å². The second kappa shape index (κ2) is 5.21. The molecule has 0 saturated carbocycles. The number of nitrogens with one attached hydrogen (secondary N) is 3. The average Bonchev–Trinajstić information content (AvgIpc) is 3.16. The molecule has 20 heavy (non-hydrogen) atoms. The topological polar surface area (TPSA) is 112 Å². The molecule has 3 heterocycles. The van der Waals surface area contributed by atoms with Crippen LogP contribution in [0.4, 0.5) is 0 Å². The smallest absolute Gasteiger partial charge is 0.253 e. The highest BCUT2D eigenvalue weighted by molar-refractivity contribution is 7.09. The molecule has 8 nitrogen and oxygen atoms in total. The maximum atomic E-state index is 11.9. The highest BCUT2D eigenvalue weighted by atomic mass is 32.1. The number of carbonyl (C=O) groups excluding carboxylic acids is 1. The van der Waals surface area contributed by atoms with Crippen LogP contribution in [0.1, 0.15) is 21.1 Å². The van der Waals surface area contributed by atoms with Crippen LogP contribution in [0.2, 0.25) is 0 Å². The number of amides is 1. The minimum Gasteiger partial charge on any atom is -0.365 e. The summed E-state index contributed by atoms with van der Waals surface area (Å²) in [4.78, 5) is 19.3. The molecule has 1 amide bonds. The number of aromatic nitrogens is 6. The zero-order valence-corrected chi connectivity index (χ0v) is 11.4. The van der Waals surface area contributed by atoms with E-state index in [1.54, 1.807) is 12.3 Å². The molecule has 102 valence electrons. The zero-order valence-electron chi connectivity index (χ0n) is 10.5. The first-order chi connectivity index (χ1) is 9.74. The second-order valence-corrected chi connectivity index (χ2v) is 5.00. The number of nitrogens with zero attached hydrogens (tertiary/aromatic N) is 4. The fourth-order valence-electron chi connectivity index (χ4n) is 1.71. The van der Waals surface area contributed by atoms with E-state index in [1.807, 2.05) is 12.3 Å². The molecular formula is C11H11N7OS. The molecule has 3 aromatic rings. The molecular weight excluding hydrogens is 278 g/mol. The summed E-state index contributed by atoms with van der Waals surface area (Å²) < 4.78 is 0. The monoisotopic (exact) mass is 289 g/mol. The number of hydrogen-bond acceptors (Lipinski definition) is 6. The van der Waals surface area contributed by atoms with E-state index in [0.29, 0.717) is 23.6 Å². The third-order valence-electron chi connectivity index (χ3n) is 2.72. The van der Waals surface area contributed by atoms with Gasteiger partial charge in [-0.2, -0.15) is 5.21 Å². The second-order valence-electron chi connectivity index (χ2n) is 4.06. The molecule has 0 radical (unpaired) electrons. The summed E-state index contributed by atoms with van der Waals surface area (Å²) in [7, 11) is 0. The summed E-state index contributed by atoms with van der Waals surface area (Å²) >= 11 is 1.44. The van der Waals surface area contributed by atoms with Gasteiger partial charge in [-0.25, -0.2) is 4.98 Å². The predicted octanol–water partition coefficient (Wildman–Crippen LogP) is 0.890. The van der Waals surface area contributed by atoms with Gasteiger partial charge >= 0.3 is 0 Å². The highest BCUT2D eigenvalue weighted by Gasteiger charge is 2.12. The molecule has 3 rings (SSSR count). The first kappa shape index (κ1) is 12.5. The number of carbonyl (C=O) groups is 1.